The Morgan fingerprint density at radius 3 is 2.33 bits per heavy atom. The van der Waals surface area contributed by atoms with Gasteiger partial charge in [-0.15, -0.1) is 0 Å². The average Bonchev–Trinajstić information content (AvgIpc) is 2.58. The first-order valence-corrected chi connectivity index (χ1v) is 10.4. The molecule has 1 aliphatic heterocycles. The maximum absolute atomic E-state index is 12.1. The van der Waals surface area contributed by atoms with E-state index >= 15 is 0 Å². The Balaban J connectivity index is 1.79. The fraction of sp³-hybridized carbons (Fsp3) is 0.550. The summed E-state index contributed by atoms with van der Waals surface area (Å²) in [4.78, 5) is 13.8. The molecule has 1 aromatic carbocycles. The second-order valence-electron chi connectivity index (χ2n) is 7.59. The van der Waals surface area contributed by atoms with E-state index in [4.69, 9.17) is 8.92 Å². The highest BCUT2D eigenvalue weighted by molar-refractivity contribution is 7.86. The first-order chi connectivity index (χ1) is 12.6. The molecule has 6 nitrogen and oxygen atoms in total. The molecule has 0 aromatic heterocycles. The van der Waals surface area contributed by atoms with Crippen molar-refractivity contribution >= 4 is 16.2 Å². The molecule has 1 saturated heterocycles. The molecule has 0 aliphatic carbocycles. The quantitative estimate of drug-likeness (QED) is 0.582. The Kier molecular flexibility index (Phi) is 6.90. The molecule has 0 spiro atoms. The second kappa shape index (κ2) is 8.77. The highest BCUT2D eigenvalue weighted by Gasteiger charge is 2.26. The zero-order valence-corrected chi connectivity index (χ0v) is 17.1. The lowest BCUT2D eigenvalue weighted by atomic mass is 9.98. The fourth-order valence-electron chi connectivity index (χ4n) is 2.60. The zero-order valence-electron chi connectivity index (χ0n) is 16.3. The molecule has 148 valence electrons. The first kappa shape index (κ1) is 21.3. The molecule has 0 radical (unpaired) electrons. The van der Waals surface area contributed by atoms with E-state index in [1.54, 1.807) is 17.0 Å². The summed E-state index contributed by atoms with van der Waals surface area (Å²) in [6.45, 7) is 8.39. The Morgan fingerprint density at radius 1 is 1.19 bits per heavy atom. The topological polar surface area (TPSA) is 72.9 Å². The van der Waals surface area contributed by atoms with E-state index in [2.05, 4.69) is 11.8 Å². The molecule has 0 bridgehead atoms. The van der Waals surface area contributed by atoms with Crippen molar-refractivity contribution in [2.75, 3.05) is 19.7 Å². The maximum atomic E-state index is 12.1. The summed E-state index contributed by atoms with van der Waals surface area (Å²) in [6.07, 6.45) is 1.16. The molecule has 0 saturated carbocycles. The van der Waals surface area contributed by atoms with Crippen LogP contribution in [0.5, 0.6) is 0 Å². The van der Waals surface area contributed by atoms with Gasteiger partial charge in [-0.1, -0.05) is 29.5 Å². The van der Waals surface area contributed by atoms with Crippen molar-refractivity contribution in [1.82, 2.24) is 4.90 Å². The summed E-state index contributed by atoms with van der Waals surface area (Å²) < 4.78 is 34.5. The lowest BCUT2D eigenvalue weighted by Gasteiger charge is -2.31. The third kappa shape index (κ3) is 6.89. The molecule has 1 aromatic rings. The van der Waals surface area contributed by atoms with Crippen LogP contribution >= 0.6 is 0 Å². The van der Waals surface area contributed by atoms with Gasteiger partial charge in [0.15, 0.2) is 0 Å². The molecule has 1 heterocycles. The maximum Gasteiger partial charge on any atom is 0.410 e. The zero-order chi connectivity index (χ0) is 20.1. The molecule has 27 heavy (non-hydrogen) atoms. The fourth-order valence-corrected chi connectivity index (χ4v) is 3.42. The molecular weight excluding hydrogens is 366 g/mol. The van der Waals surface area contributed by atoms with E-state index in [0.29, 0.717) is 13.1 Å². The van der Waals surface area contributed by atoms with Crippen LogP contribution in [0.2, 0.25) is 0 Å². The smallest absolute Gasteiger partial charge is 0.410 e. The van der Waals surface area contributed by atoms with Gasteiger partial charge >= 0.3 is 6.09 Å². The SMILES string of the molecule is Cc1ccc(S(=O)(=O)OCC#CC2CCN(C(=O)OC(C)(C)C)CC2)cc1. The van der Waals surface area contributed by atoms with Crippen LogP contribution in [-0.4, -0.2) is 44.7 Å². The van der Waals surface area contributed by atoms with Gasteiger partial charge in [-0.3, -0.25) is 4.18 Å². The van der Waals surface area contributed by atoms with E-state index in [0.717, 1.165) is 18.4 Å². The van der Waals surface area contributed by atoms with Crippen molar-refractivity contribution in [3.8, 4) is 11.8 Å². The monoisotopic (exact) mass is 393 g/mol. The number of hydrogen-bond acceptors (Lipinski definition) is 5. The van der Waals surface area contributed by atoms with Gasteiger partial charge in [-0.25, -0.2) is 4.79 Å². The number of carbonyl (C=O) groups excluding carboxylic acids is 1. The number of amides is 1. The van der Waals surface area contributed by atoms with Crippen LogP contribution < -0.4 is 0 Å². The van der Waals surface area contributed by atoms with Crippen LogP contribution in [0.4, 0.5) is 4.79 Å². The summed E-state index contributed by atoms with van der Waals surface area (Å²) >= 11 is 0. The van der Waals surface area contributed by atoms with E-state index in [9.17, 15) is 13.2 Å². The van der Waals surface area contributed by atoms with Gasteiger partial charge in [-0.2, -0.15) is 8.42 Å². The van der Waals surface area contributed by atoms with Gasteiger partial charge in [0, 0.05) is 19.0 Å². The lowest BCUT2D eigenvalue weighted by Crippen LogP contribution is -2.41. The van der Waals surface area contributed by atoms with Crippen LogP contribution in [0, 0.1) is 24.7 Å². The summed E-state index contributed by atoms with van der Waals surface area (Å²) in [5.41, 5.74) is 0.472. The van der Waals surface area contributed by atoms with Crippen molar-refractivity contribution in [2.45, 2.75) is 51.0 Å². The Bertz CT molecular complexity index is 805. The molecule has 1 amide bonds. The standard InChI is InChI=1S/C20H27NO5S/c1-16-7-9-18(10-8-16)27(23,24)25-15-5-6-17-11-13-21(14-12-17)19(22)26-20(2,3)4/h7-10,17H,11-15H2,1-4H3. The van der Waals surface area contributed by atoms with Crippen LogP contribution in [-0.2, 0) is 19.0 Å². The van der Waals surface area contributed by atoms with Crippen LogP contribution in [0.1, 0.15) is 39.2 Å². The highest BCUT2D eigenvalue weighted by atomic mass is 32.2. The largest absolute Gasteiger partial charge is 0.444 e. The number of rotatable bonds is 3. The number of aryl methyl sites for hydroxylation is 1. The van der Waals surface area contributed by atoms with Crippen molar-refractivity contribution in [1.29, 1.82) is 0 Å². The van der Waals surface area contributed by atoms with Crippen molar-refractivity contribution in [2.24, 2.45) is 5.92 Å². The van der Waals surface area contributed by atoms with Gasteiger partial charge in [0.25, 0.3) is 10.1 Å². The van der Waals surface area contributed by atoms with E-state index in [-0.39, 0.29) is 23.5 Å². The number of likely N-dealkylation sites (tertiary alicyclic amines) is 1. The Hall–Kier alpha value is -2.04. The molecule has 0 unspecified atom stereocenters. The molecule has 1 aliphatic rings. The lowest BCUT2D eigenvalue weighted by molar-refractivity contribution is 0.0199. The molecule has 0 atom stereocenters. The Labute approximate surface area is 162 Å². The van der Waals surface area contributed by atoms with Crippen molar-refractivity contribution in [3.63, 3.8) is 0 Å². The number of piperidine rings is 1. The Morgan fingerprint density at radius 2 is 1.78 bits per heavy atom. The summed E-state index contributed by atoms with van der Waals surface area (Å²) in [7, 11) is -3.79. The molecular formula is C20H27NO5S. The van der Waals surface area contributed by atoms with Gasteiger partial charge in [0.2, 0.25) is 0 Å². The number of nitrogens with zero attached hydrogens (tertiary/aromatic N) is 1. The predicted octanol–water partition coefficient (Wildman–Crippen LogP) is 3.35. The number of benzene rings is 1. The van der Waals surface area contributed by atoms with Gasteiger partial charge in [-0.05, 0) is 52.7 Å². The minimum Gasteiger partial charge on any atom is -0.444 e. The summed E-state index contributed by atoms with van der Waals surface area (Å²) in [5, 5.41) is 0. The van der Waals surface area contributed by atoms with E-state index < -0.39 is 15.7 Å². The van der Waals surface area contributed by atoms with Gasteiger partial charge in [0.1, 0.15) is 12.2 Å². The van der Waals surface area contributed by atoms with Gasteiger partial charge < -0.3 is 9.64 Å². The molecule has 1 fully saturated rings. The summed E-state index contributed by atoms with van der Waals surface area (Å²) in [6, 6.07) is 6.48. The van der Waals surface area contributed by atoms with Crippen molar-refractivity contribution < 1.29 is 22.1 Å². The number of carbonyl (C=O) groups is 1. The predicted molar refractivity (Wildman–Crippen MR) is 103 cm³/mol. The molecule has 2 rings (SSSR count). The number of ether oxygens (including phenoxy) is 1. The van der Waals surface area contributed by atoms with E-state index in [1.165, 1.54) is 12.1 Å². The average molecular weight is 394 g/mol. The van der Waals surface area contributed by atoms with Crippen molar-refractivity contribution in [3.05, 3.63) is 29.8 Å². The third-order valence-corrected chi connectivity index (χ3v) is 5.33. The normalized spacial score (nSPS) is 15.8. The van der Waals surface area contributed by atoms with E-state index in [1.807, 2.05) is 27.7 Å². The van der Waals surface area contributed by atoms with Gasteiger partial charge in [0.05, 0.1) is 4.90 Å². The number of hydrogen-bond donors (Lipinski definition) is 0. The highest BCUT2D eigenvalue weighted by Crippen LogP contribution is 2.19. The third-order valence-electron chi connectivity index (χ3n) is 4.05. The second-order valence-corrected chi connectivity index (χ2v) is 9.21. The van der Waals surface area contributed by atoms with Crippen LogP contribution in [0.3, 0.4) is 0 Å². The van der Waals surface area contributed by atoms with Crippen LogP contribution in [0.25, 0.3) is 0 Å². The molecule has 0 N–H and O–H groups in total. The minimum absolute atomic E-state index is 0.120. The minimum atomic E-state index is -3.79. The summed E-state index contributed by atoms with van der Waals surface area (Å²) in [5.74, 6) is 5.95. The van der Waals surface area contributed by atoms with Crippen LogP contribution in [0.15, 0.2) is 29.2 Å². The molecule has 7 heteroatoms. The first-order valence-electron chi connectivity index (χ1n) is 8.99.